The zero-order valence-electron chi connectivity index (χ0n) is 9.17. The Morgan fingerprint density at radius 3 is 2.82 bits per heavy atom. The fraction of sp³-hybridized carbons (Fsp3) is 0.182. The van der Waals surface area contributed by atoms with E-state index in [-0.39, 0.29) is 12.5 Å². The van der Waals surface area contributed by atoms with E-state index in [1.807, 2.05) is 6.07 Å². The van der Waals surface area contributed by atoms with Crippen molar-refractivity contribution >= 4 is 17.6 Å². The second kappa shape index (κ2) is 4.14. The van der Waals surface area contributed by atoms with Gasteiger partial charge in [0.15, 0.2) is 0 Å². The van der Waals surface area contributed by atoms with Gasteiger partial charge in [-0.25, -0.2) is 10.2 Å². The molecule has 6 heteroatoms. The van der Waals surface area contributed by atoms with E-state index in [9.17, 15) is 9.59 Å². The van der Waals surface area contributed by atoms with Crippen molar-refractivity contribution in [2.45, 2.75) is 0 Å². The van der Waals surface area contributed by atoms with Crippen LogP contribution in [0.25, 0.3) is 0 Å². The number of likely N-dealkylation sites (N-methyl/N-ethyl adjacent to an activating group) is 1. The van der Waals surface area contributed by atoms with E-state index in [1.54, 1.807) is 24.3 Å². The second-order valence-electron chi connectivity index (χ2n) is 3.62. The smallest absolute Gasteiger partial charge is 0.275 e. The lowest BCUT2D eigenvalue weighted by molar-refractivity contribution is -0.126. The van der Waals surface area contributed by atoms with Crippen molar-refractivity contribution in [3.8, 4) is 6.07 Å². The summed E-state index contributed by atoms with van der Waals surface area (Å²) in [6.07, 6.45) is 0. The fourth-order valence-corrected chi connectivity index (χ4v) is 1.48. The molecule has 0 radical (unpaired) electrons. The number of carbonyl (C=O) groups is 2. The molecule has 0 unspecified atom stereocenters. The maximum absolute atomic E-state index is 11.5. The first-order valence-electron chi connectivity index (χ1n) is 4.96. The van der Waals surface area contributed by atoms with E-state index < -0.39 is 6.03 Å². The van der Waals surface area contributed by atoms with Gasteiger partial charge in [0.25, 0.3) is 5.91 Å². The van der Waals surface area contributed by atoms with Crippen molar-refractivity contribution in [2.24, 2.45) is 0 Å². The molecule has 2 rings (SSSR count). The summed E-state index contributed by atoms with van der Waals surface area (Å²) in [6.45, 7) is 0.0527. The number of rotatable bonds is 1. The first kappa shape index (κ1) is 11.0. The zero-order chi connectivity index (χ0) is 12.4. The minimum atomic E-state index is -0.483. The molecule has 1 heterocycles. The maximum Gasteiger partial charge on any atom is 0.342 e. The summed E-state index contributed by atoms with van der Waals surface area (Å²) in [7, 11) is 1.42. The van der Waals surface area contributed by atoms with Crippen LogP contribution >= 0.6 is 0 Å². The second-order valence-corrected chi connectivity index (χ2v) is 3.62. The molecule has 3 amide bonds. The van der Waals surface area contributed by atoms with Crippen LogP contribution in [0.1, 0.15) is 5.56 Å². The number of carbonyl (C=O) groups excluding carboxylic acids is 2. The minimum Gasteiger partial charge on any atom is -0.275 e. The monoisotopic (exact) mass is 230 g/mol. The minimum absolute atomic E-state index is 0.0527. The van der Waals surface area contributed by atoms with Gasteiger partial charge in [0.2, 0.25) is 0 Å². The van der Waals surface area contributed by atoms with Crippen LogP contribution < -0.4 is 10.4 Å². The Morgan fingerprint density at radius 1 is 1.41 bits per heavy atom. The highest BCUT2D eigenvalue weighted by molar-refractivity contribution is 5.99. The molecule has 1 aliphatic rings. The average Bonchev–Trinajstić information content (AvgIpc) is 2.35. The predicted molar refractivity (Wildman–Crippen MR) is 59.8 cm³/mol. The lowest BCUT2D eigenvalue weighted by Gasteiger charge is -2.32. The van der Waals surface area contributed by atoms with Crippen LogP contribution in [0.3, 0.4) is 0 Å². The molecule has 0 saturated carbocycles. The normalized spacial score (nSPS) is 15.5. The topological polar surface area (TPSA) is 76.4 Å². The number of nitrogens with one attached hydrogen (secondary N) is 1. The first-order valence-corrected chi connectivity index (χ1v) is 4.96. The summed E-state index contributed by atoms with van der Waals surface area (Å²) in [6, 6.07) is 8.21. The first-order chi connectivity index (χ1) is 8.11. The summed E-state index contributed by atoms with van der Waals surface area (Å²) in [4.78, 5) is 23.9. The van der Waals surface area contributed by atoms with Crippen molar-refractivity contribution in [2.75, 3.05) is 18.6 Å². The SMILES string of the molecule is CN1C(=O)CN(c2cccc(C#N)c2)NC1=O. The number of hydrazine groups is 1. The number of urea groups is 1. The molecule has 0 aliphatic carbocycles. The van der Waals surface area contributed by atoms with Crippen LogP contribution in [0.4, 0.5) is 10.5 Å². The lowest BCUT2D eigenvalue weighted by Crippen LogP contribution is -2.59. The van der Waals surface area contributed by atoms with E-state index >= 15 is 0 Å². The van der Waals surface area contributed by atoms with Gasteiger partial charge in [-0.3, -0.25) is 14.7 Å². The Bertz CT molecular complexity index is 502. The third-order valence-corrected chi connectivity index (χ3v) is 2.49. The summed E-state index contributed by atoms with van der Waals surface area (Å²) < 4.78 is 0. The number of nitriles is 1. The highest BCUT2D eigenvalue weighted by Gasteiger charge is 2.27. The molecule has 0 atom stereocenters. The molecule has 1 N–H and O–H groups in total. The van der Waals surface area contributed by atoms with Crippen molar-refractivity contribution in [3.05, 3.63) is 29.8 Å². The van der Waals surface area contributed by atoms with Crippen LogP contribution in [0.2, 0.25) is 0 Å². The molecule has 1 fully saturated rings. The highest BCUT2D eigenvalue weighted by Crippen LogP contribution is 2.16. The van der Waals surface area contributed by atoms with Gasteiger partial charge in [0.1, 0.15) is 6.54 Å². The molecular formula is C11H10N4O2. The van der Waals surface area contributed by atoms with Gasteiger partial charge in [-0.05, 0) is 18.2 Å². The highest BCUT2D eigenvalue weighted by atomic mass is 16.2. The van der Waals surface area contributed by atoms with Crippen LogP contribution in [-0.4, -0.2) is 30.4 Å². The third-order valence-electron chi connectivity index (χ3n) is 2.49. The Morgan fingerprint density at radius 2 is 2.18 bits per heavy atom. The van der Waals surface area contributed by atoms with Gasteiger partial charge in [0.05, 0.1) is 17.3 Å². The Hall–Kier alpha value is -2.55. The molecule has 17 heavy (non-hydrogen) atoms. The summed E-state index contributed by atoms with van der Waals surface area (Å²) in [5.41, 5.74) is 3.64. The van der Waals surface area contributed by atoms with Crippen LogP contribution in [0.15, 0.2) is 24.3 Å². The summed E-state index contributed by atoms with van der Waals surface area (Å²) in [5, 5.41) is 10.2. The van der Waals surface area contributed by atoms with Gasteiger partial charge < -0.3 is 0 Å². The van der Waals surface area contributed by atoms with Crippen LogP contribution in [0.5, 0.6) is 0 Å². The molecule has 1 aliphatic heterocycles. The van der Waals surface area contributed by atoms with E-state index in [4.69, 9.17) is 5.26 Å². The van der Waals surface area contributed by atoms with E-state index in [2.05, 4.69) is 5.43 Å². The zero-order valence-corrected chi connectivity index (χ0v) is 9.17. The number of benzene rings is 1. The number of hydrogen-bond acceptors (Lipinski definition) is 4. The Balaban J connectivity index is 2.26. The Labute approximate surface area is 98.0 Å². The van der Waals surface area contributed by atoms with E-state index in [1.165, 1.54) is 12.1 Å². The Kier molecular flexibility index (Phi) is 2.66. The molecule has 86 valence electrons. The van der Waals surface area contributed by atoms with Gasteiger partial charge >= 0.3 is 6.03 Å². The maximum atomic E-state index is 11.5. The fourth-order valence-electron chi connectivity index (χ4n) is 1.48. The molecule has 0 aromatic heterocycles. The lowest BCUT2D eigenvalue weighted by atomic mass is 10.2. The molecule has 1 aromatic rings. The third kappa shape index (κ3) is 2.03. The van der Waals surface area contributed by atoms with E-state index in [0.29, 0.717) is 11.3 Å². The molecule has 1 aromatic carbocycles. The largest absolute Gasteiger partial charge is 0.342 e. The number of amides is 3. The molecular weight excluding hydrogens is 220 g/mol. The van der Waals surface area contributed by atoms with Crippen molar-refractivity contribution in [3.63, 3.8) is 0 Å². The van der Waals surface area contributed by atoms with Crippen molar-refractivity contribution < 1.29 is 9.59 Å². The van der Waals surface area contributed by atoms with Crippen LogP contribution in [-0.2, 0) is 4.79 Å². The summed E-state index contributed by atoms with van der Waals surface area (Å²) in [5.74, 6) is -0.295. The van der Waals surface area contributed by atoms with Crippen molar-refractivity contribution in [1.29, 1.82) is 5.26 Å². The number of imide groups is 1. The van der Waals surface area contributed by atoms with Gasteiger partial charge in [-0.2, -0.15) is 5.26 Å². The van der Waals surface area contributed by atoms with Crippen LogP contribution in [0, 0.1) is 11.3 Å². The predicted octanol–water partition coefficient (Wildman–Crippen LogP) is 0.461. The number of anilines is 1. The number of hydrogen-bond donors (Lipinski definition) is 1. The van der Waals surface area contributed by atoms with Gasteiger partial charge in [-0.15, -0.1) is 0 Å². The molecule has 6 nitrogen and oxygen atoms in total. The molecule has 0 spiro atoms. The van der Waals surface area contributed by atoms with E-state index in [0.717, 1.165) is 4.90 Å². The summed E-state index contributed by atoms with van der Waals surface area (Å²) >= 11 is 0. The molecule has 0 bridgehead atoms. The van der Waals surface area contributed by atoms with Crippen molar-refractivity contribution in [1.82, 2.24) is 10.3 Å². The molecule has 1 saturated heterocycles. The van der Waals surface area contributed by atoms with Gasteiger partial charge in [0, 0.05) is 7.05 Å². The standard InChI is InChI=1S/C11H10N4O2/c1-14-10(16)7-15(13-11(14)17)9-4-2-3-8(5-9)6-12/h2-5H,7H2,1H3,(H,13,17). The quantitative estimate of drug-likeness (QED) is 0.760. The number of nitrogens with zero attached hydrogens (tertiary/aromatic N) is 3. The average molecular weight is 230 g/mol. The van der Waals surface area contributed by atoms with Gasteiger partial charge in [-0.1, -0.05) is 6.07 Å².